The van der Waals surface area contributed by atoms with E-state index in [1.54, 1.807) is 25.2 Å². The molecule has 0 bridgehead atoms. The first kappa shape index (κ1) is 13.6. The summed E-state index contributed by atoms with van der Waals surface area (Å²) in [5.74, 6) is 0.216. The average molecular weight is 299 g/mol. The summed E-state index contributed by atoms with van der Waals surface area (Å²) >= 11 is 7.14. The Bertz CT molecular complexity index is 602. The lowest BCUT2D eigenvalue weighted by atomic mass is 10.3. The Morgan fingerprint density at radius 2 is 2.21 bits per heavy atom. The van der Waals surface area contributed by atoms with Crippen LogP contribution in [0.3, 0.4) is 0 Å². The summed E-state index contributed by atoms with van der Waals surface area (Å²) in [5.41, 5.74) is 0.567. The van der Waals surface area contributed by atoms with Crippen molar-refractivity contribution in [3.63, 3.8) is 0 Å². The molecule has 2 N–H and O–H groups in total. The van der Waals surface area contributed by atoms with Gasteiger partial charge in [-0.1, -0.05) is 22.9 Å². The maximum absolute atomic E-state index is 11.9. The highest BCUT2D eigenvalue weighted by Crippen LogP contribution is 2.27. The lowest BCUT2D eigenvalue weighted by Crippen LogP contribution is -2.11. The Hall–Kier alpha value is -1.86. The first-order valence-corrected chi connectivity index (χ1v) is 6.49. The Morgan fingerprint density at radius 1 is 1.42 bits per heavy atom. The second-order valence-corrected chi connectivity index (χ2v) is 4.85. The molecule has 0 saturated heterocycles. The molecule has 0 atom stereocenters. The van der Waals surface area contributed by atoms with Gasteiger partial charge in [0, 0.05) is 12.7 Å². The molecule has 0 aliphatic rings. The minimum Gasteiger partial charge on any atom is -0.495 e. The lowest BCUT2D eigenvalue weighted by Gasteiger charge is -2.06. The van der Waals surface area contributed by atoms with Crippen LogP contribution in [0.4, 0.5) is 10.8 Å². The van der Waals surface area contributed by atoms with Gasteiger partial charge in [-0.25, -0.2) is 0 Å². The van der Waals surface area contributed by atoms with Crippen LogP contribution in [0.25, 0.3) is 0 Å². The van der Waals surface area contributed by atoms with Crippen molar-refractivity contribution in [1.82, 2.24) is 10.2 Å². The van der Waals surface area contributed by atoms with Gasteiger partial charge in [0.05, 0.1) is 12.1 Å². The summed E-state index contributed by atoms with van der Waals surface area (Å²) in [6, 6.07) is 4.98. The third kappa shape index (κ3) is 3.12. The molecule has 1 amide bonds. The van der Waals surface area contributed by atoms with Crippen molar-refractivity contribution < 1.29 is 9.53 Å². The maximum Gasteiger partial charge on any atom is 0.286 e. The van der Waals surface area contributed by atoms with Crippen LogP contribution in [0.1, 0.15) is 9.80 Å². The average Bonchev–Trinajstić information content (AvgIpc) is 2.88. The molecule has 1 aromatic heterocycles. The van der Waals surface area contributed by atoms with Gasteiger partial charge in [0.2, 0.25) is 10.1 Å². The van der Waals surface area contributed by atoms with Gasteiger partial charge in [0.1, 0.15) is 5.75 Å². The molecule has 8 heteroatoms. The van der Waals surface area contributed by atoms with E-state index in [0.29, 0.717) is 21.6 Å². The molecule has 6 nitrogen and oxygen atoms in total. The minimum atomic E-state index is -0.333. The largest absolute Gasteiger partial charge is 0.495 e. The number of nitrogens with one attached hydrogen (secondary N) is 2. The van der Waals surface area contributed by atoms with E-state index in [2.05, 4.69) is 20.8 Å². The minimum absolute atomic E-state index is 0.274. The molecule has 2 aromatic rings. The summed E-state index contributed by atoms with van der Waals surface area (Å²) in [4.78, 5) is 11.9. The number of carbonyl (C=O) groups is 1. The van der Waals surface area contributed by atoms with Crippen molar-refractivity contribution in [3.05, 3.63) is 28.2 Å². The second kappa shape index (κ2) is 5.85. The van der Waals surface area contributed by atoms with E-state index in [9.17, 15) is 4.79 Å². The molecule has 19 heavy (non-hydrogen) atoms. The molecule has 1 aromatic carbocycles. The van der Waals surface area contributed by atoms with Gasteiger partial charge in [0.25, 0.3) is 5.91 Å². The zero-order chi connectivity index (χ0) is 13.8. The van der Waals surface area contributed by atoms with Crippen LogP contribution < -0.4 is 15.4 Å². The van der Waals surface area contributed by atoms with Gasteiger partial charge >= 0.3 is 0 Å². The number of hydrogen-bond donors (Lipinski definition) is 2. The Kier molecular flexibility index (Phi) is 4.18. The third-order valence-electron chi connectivity index (χ3n) is 2.24. The number of aromatic nitrogens is 2. The molecule has 0 radical (unpaired) electrons. The predicted molar refractivity (Wildman–Crippen MR) is 75.4 cm³/mol. The van der Waals surface area contributed by atoms with E-state index in [0.717, 1.165) is 0 Å². The molecule has 0 spiro atoms. The molecular formula is C11H11ClN4O2S. The van der Waals surface area contributed by atoms with E-state index < -0.39 is 0 Å². The first-order valence-electron chi connectivity index (χ1n) is 5.30. The quantitative estimate of drug-likeness (QED) is 0.907. The van der Waals surface area contributed by atoms with E-state index in [-0.39, 0.29) is 10.9 Å². The number of hydrogen-bond acceptors (Lipinski definition) is 6. The van der Waals surface area contributed by atoms with Gasteiger partial charge < -0.3 is 15.4 Å². The summed E-state index contributed by atoms with van der Waals surface area (Å²) in [7, 11) is 3.24. The molecule has 0 unspecified atom stereocenters. The third-order valence-corrected chi connectivity index (χ3v) is 3.48. The van der Waals surface area contributed by atoms with Crippen molar-refractivity contribution in [2.45, 2.75) is 0 Å². The number of nitrogens with zero attached hydrogens (tertiary/aromatic N) is 2. The fourth-order valence-electron chi connectivity index (χ4n) is 1.34. The zero-order valence-electron chi connectivity index (χ0n) is 10.2. The van der Waals surface area contributed by atoms with Crippen LogP contribution in [0.2, 0.25) is 5.02 Å². The van der Waals surface area contributed by atoms with Gasteiger partial charge in [0.15, 0.2) is 0 Å². The van der Waals surface area contributed by atoms with Gasteiger partial charge in [-0.15, -0.1) is 10.2 Å². The number of carbonyl (C=O) groups excluding carboxylic acids is 1. The van der Waals surface area contributed by atoms with E-state index in [1.165, 1.54) is 18.4 Å². The van der Waals surface area contributed by atoms with E-state index in [4.69, 9.17) is 16.3 Å². The number of anilines is 2. The molecule has 1 heterocycles. The topological polar surface area (TPSA) is 76.1 Å². The molecule has 0 fully saturated rings. The standard InChI is InChI=1S/C11H11ClN4O2S/c1-13-11-16-15-10(19-11)9(17)14-6-3-4-8(18-2)7(12)5-6/h3-5H,1-2H3,(H,13,16)(H,14,17). The first-order chi connectivity index (χ1) is 9.13. The molecule has 0 aliphatic carbocycles. The van der Waals surface area contributed by atoms with Crippen molar-refractivity contribution in [2.75, 3.05) is 24.8 Å². The van der Waals surface area contributed by atoms with Gasteiger partial charge in [-0.05, 0) is 18.2 Å². The van der Waals surface area contributed by atoms with Crippen LogP contribution in [-0.2, 0) is 0 Å². The number of benzene rings is 1. The van der Waals surface area contributed by atoms with Crippen LogP contribution >= 0.6 is 22.9 Å². The fourth-order valence-corrected chi connectivity index (χ4v) is 2.19. The molecule has 0 saturated carbocycles. The molecule has 0 aliphatic heterocycles. The normalized spacial score (nSPS) is 10.1. The summed E-state index contributed by atoms with van der Waals surface area (Å²) in [6.45, 7) is 0. The highest BCUT2D eigenvalue weighted by Gasteiger charge is 2.13. The number of rotatable bonds is 4. The smallest absolute Gasteiger partial charge is 0.286 e. The Morgan fingerprint density at radius 3 is 2.79 bits per heavy atom. The summed E-state index contributed by atoms with van der Waals surface area (Å²) in [6.07, 6.45) is 0. The number of halogens is 1. The second-order valence-electron chi connectivity index (χ2n) is 3.47. The Labute approximate surface area is 118 Å². The monoisotopic (exact) mass is 298 g/mol. The number of amides is 1. The lowest BCUT2D eigenvalue weighted by molar-refractivity contribution is 0.102. The highest BCUT2D eigenvalue weighted by molar-refractivity contribution is 7.17. The molecular weight excluding hydrogens is 288 g/mol. The van der Waals surface area contributed by atoms with Crippen molar-refractivity contribution in [3.8, 4) is 5.75 Å². The zero-order valence-corrected chi connectivity index (χ0v) is 11.8. The van der Waals surface area contributed by atoms with Crippen molar-refractivity contribution in [1.29, 1.82) is 0 Å². The van der Waals surface area contributed by atoms with Crippen LogP contribution in [0.15, 0.2) is 18.2 Å². The Balaban J connectivity index is 2.12. The van der Waals surface area contributed by atoms with Gasteiger partial charge in [-0.2, -0.15) is 0 Å². The van der Waals surface area contributed by atoms with Crippen LogP contribution in [0, 0.1) is 0 Å². The van der Waals surface area contributed by atoms with Crippen LogP contribution in [-0.4, -0.2) is 30.3 Å². The number of ether oxygens (including phenoxy) is 1. The van der Waals surface area contributed by atoms with E-state index >= 15 is 0 Å². The highest BCUT2D eigenvalue weighted by atomic mass is 35.5. The van der Waals surface area contributed by atoms with Crippen LogP contribution in [0.5, 0.6) is 5.75 Å². The van der Waals surface area contributed by atoms with E-state index in [1.807, 2.05) is 0 Å². The number of methoxy groups -OCH3 is 1. The maximum atomic E-state index is 11.9. The SMILES string of the molecule is CNc1nnc(C(=O)Nc2ccc(OC)c(Cl)c2)s1. The fraction of sp³-hybridized carbons (Fsp3) is 0.182. The molecule has 2 rings (SSSR count). The van der Waals surface area contributed by atoms with Gasteiger partial charge in [-0.3, -0.25) is 4.79 Å². The van der Waals surface area contributed by atoms with Crippen molar-refractivity contribution in [2.24, 2.45) is 0 Å². The summed E-state index contributed by atoms with van der Waals surface area (Å²) in [5, 5.41) is 14.4. The van der Waals surface area contributed by atoms with Crippen molar-refractivity contribution >= 4 is 39.7 Å². The molecule has 100 valence electrons. The predicted octanol–water partition coefficient (Wildman–Crippen LogP) is 2.49. The summed E-state index contributed by atoms with van der Waals surface area (Å²) < 4.78 is 5.03.